The zero-order chi connectivity index (χ0) is 14.9. The number of likely N-dealkylation sites (tertiary alicyclic amines) is 1. The molecule has 0 bridgehead atoms. The smallest absolute Gasteiger partial charge is 0.274 e. The third kappa shape index (κ3) is 2.94. The Morgan fingerprint density at radius 2 is 2.00 bits per heavy atom. The van der Waals surface area contributed by atoms with Gasteiger partial charge in [-0.25, -0.2) is 9.87 Å². The van der Waals surface area contributed by atoms with Crippen molar-refractivity contribution in [1.82, 2.24) is 10.4 Å². The van der Waals surface area contributed by atoms with Crippen LogP contribution in [-0.4, -0.2) is 29.1 Å². The molecule has 1 spiro atoms. The first-order chi connectivity index (χ1) is 10.1. The summed E-state index contributed by atoms with van der Waals surface area (Å²) in [5.41, 5.74) is 2.74. The van der Waals surface area contributed by atoms with Crippen molar-refractivity contribution in [1.29, 1.82) is 0 Å². The Kier molecular flexibility index (Phi) is 3.95. The molecule has 1 aliphatic carbocycles. The van der Waals surface area contributed by atoms with Crippen molar-refractivity contribution in [2.75, 3.05) is 13.1 Å². The number of hydroxylamine groups is 1. The summed E-state index contributed by atoms with van der Waals surface area (Å²) in [6.07, 6.45) is 6.62. The van der Waals surface area contributed by atoms with Crippen molar-refractivity contribution in [3.05, 3.63) is 35.1 Å². The molecule has 5 heteroatoms. The number of hydrogen-bond acceptors (Lipinski definition) is 3. The molecular formula is C16H21FN2O2. The van der Waals surface area contributed by atoms with Gasteiger partial charge >= 0.3 is 0 Å². The maximum absolute atomic E-state index is 14.0. The molecule has 1 aromatic rings. The number of carbonyl (C=O) groups excluding carboxylic acids is 1. The number of benzene rings is 1. The summed E-state index contributed by atoms with van der Waals surface area (Å²) in [5.74, 6) is -1.08. The zero-order valence-electron chi connectivity index (χ0n) is 12.1. The first kappa shape index (κ1) is 14.5. The number of amides is 1. The Hall–Kier alpha value is -1.46. The predicted octanol–water partition coefficient (Wildman–Crippen LogP) is 2.71. The van der Waals surface area contributed by atoms with Crippen LogP contribution in [0, 0.1) is 11.2 Å². The van der Waals surface area contributed by atoms with Gasteiger partial charge in [0, 0.05) is 30.8 Å². The van der Waals surface area contributed by atoms with Crippen molar-refractivity contribution < 1.29 is 14.4 Å². The Morgan fingerprint density at radius 1 is 1.29 bits per heavy atom. The van der Waals surface area contributed by atoms with Crippen LogP contribution >= 0.6 is 0 Å². The summed E-state index contributed by atoms with van der Waals surface area (Å²) >= 11 is 0. The van der Waals surface area contributed by atoms with Gasteiger partial charge in [0.25, 0.3) is 5.91 Å². The molecule has 1 aliphatic heterocycles. The van der Waals surface area contributed by atoms with E-state index in [0.29, 0.717) is 17.5 Å². The van der Waals surface area contributed by atoms with Crippen molar-refractivity contribution in [2.24, 2.45) is 5.41 Å². The van der Waals surface area contributed by atoms with E-state index in [2.05, 4.69) is 4.90 Å². The van der Waals surface area contributed by atoms with E-state index < -0.39 is 5.91 Å². The van der Waals surface area contributed by atoms with E-state index in [0.717, 1.165) is 13.1 Å². The fourth-order valence-corrected chi connectivity index (χ4v) is 3.75. The topological polar surface area (TPSA) is 52.6 Å². The highest BCUT2D eigenvalue weighted by Crippen LogP contribution is 2.44. The Morgan fingerprint density at radius 3 is 2.62 bits per heavy atom. The second kappa shape index (κ2) is 5.73. The summed E-state index contributed by atoms with van der Waals surface area (Å²) in [6.45, 7) is 2.71. The molecule has 2 N–H and O–H groups in total. The van der Waals surface area contributed by atoms with Crippen molar-refractivity contribution in [3.63, 3.8) is 0 Å². The van der Waals surface area contributed by atoms with Crippen LogP contribution in [0.15, 0.2) is 18.2 Å². The van der Waals surface area contributed by atoms with Gasteiger partial charge in [-0.15, -0.1) is 0 Å². The summed E-state index contributed by atoms with van der Waals surface area (Å²) in [5, 5.41) is 8.55. The molecular weight excluding hydrogens is 271 g/mol. The van der Waals surface area contributed by atoms with E-state index in [4.69, 9.17) is 5.21 Å². The minimum absolute atomic E-state index is 0.131. The van der Waals surface area contributed by atoms with Gasteiger partial charge in [-0.05, 0) is 30.4 Å². The molecule has 0 atom stereocenters. The fraction of sp³-hybridized carbons (Fsp3) is 0.562. The third-order valence-electron chi connectivity index (χ3n) is 4.84. The highest BCUT2D eigenvalue weighted by Gasteiger charge is 2.43. The normalized spacial score (nSPS) is 21.0. The number of hydrogen-bond donors (Lipinski definition) is 2. The summed E-state index contributed by atoms with van der Waals surface area (Å²) in [7, 11) is 0. The van der Waals surface area contributed by atoms with E-state index in [1.807, 2.05) is 0 Å². The van der Waals surface area contributed by atoms with Gasteiger partial charge in [0.1, 0.15) is 5.82 Å². The Balaban J connectivity index is 1.60. The molecule has 21 heavy (non-hydrogen) atoms. The minimum atomic E-state index is -0.689. The summed E-state index contributed by atoms with van der Waals surface area (Å²) in [6, 6.07) is 4.35. The molecule has 114 valence electrons. The lowest BCUT2D eigenvalue weighted by Crippen LogP contribution is -2.56. The van der Waals surface area contributed by atoms with Crippen molar-refractivity contribution >= 4 is 5.91 Å². The van der Waals surface area contributed by atoms with Crippen LogP contribution in [0.1, 0.15) is 48.0 Å². The van der Waals surface area contributed by atoms with Gasteiger partial charge in [0.2, 0.25) is 0 Å². The van der Waals surface area contributed by atoms with E-state index in [1.54, 1.807) is 12.1 Å². The average Bonchev–Trinajstić information content (AvgIpc) is 2.47. The van der Waals surface area contributed by atoms with Crippen LogP contribution in [0.5, 0.6) is 0 Å². The van der Waals surface area contributed by atoms with Crippen LogP contribution in [0.4, 0.5) is 4.39 Å². The molecule has 0 radical (unpaired) electrons. The van der Waals surface area contributed by atoms with E-state index >= 15 is 0 Å². The van der Waals surface area contributed by atoms with Gasteiger partial charge < -0.3 is 0 Å². The average molecular weight is 292 g/mol. The summed E-state index contributed by atoms with van der Waals surface area (Å²) < 4.78 is 14.0. The second-order valence-electron chi connectivity index (χ2n) is 6.45. The molecule has 0 aromatic heterocycles. The van der Waals surface area contributed by atoms with Crippen LogP contribution in [0.2, 0.25) is 0 Å². The number of rotatable bonds is 3. The third-order valence-corrected chi connectivity index (χ3v) is 4.84. The Labute approximate surface area is 123 Å². The Bertz CT molecular complexity index is 533. The number of nitrogens with zero attached hydrogens (tertiary/aromatic N) is 1. The van der Waals surface area contributed by atoms with E-state index in [-0.39, 0.29) is 11.4 Å². The first-order valence-electron chi connectivity index (χ1n) is 7.57. The van der Waals surface area contributed by atoms with Crippen molar-refractivity contribution in [3.8, 4) is 0 Å². The standard InChI is InChI=1S/C16H21FN2O2/c17-14-8-12(15(20)18-21)4-5-13(14)9-19-10-16(11-19)6-2-1-3-7-16/h4-5,8,21H,1-3,6-7,9-11H2,(H,18,20). The van der Waals surface area contributed by atoms with Crippen LogP contribution in [0.25, 0.3) is 0 Å². The maximum Gasteiger partial charge on any atom is 0.274 e. The molecule has 2 fully saturated rings. The van der Waals surface area contributed by atoms with E-state index in [1.165, 1.54) is 43.7 Å². The maximum atomic E-state index is 14.0. The molecule has 3 rings (SSSR count). The highest BCUT2D eigenvalue weighted by molar-refractivity contribution is 5.93. The molecule has 1 saturated heterocycles. The van der Waals surface area contributed by atoms with Crippen LogP contribution in [0.3, 0.4) is 0 Å². The SMILES string of the molecule is O=C(NO)c1ccc(CN2CC3(CCCCC3)C2)c(F)c1. The summed E-state index contributed by atoms with van der Waals surface area (Å²) in [4.78, 5) is 13.5. The van der Waals surface area contributed by atoms with Gasteiger partial charge in [0.05, 0.1) is 0 Å². The first-order valence-corrected chi connectivity index (χ1v) is 7.57. The molecule has 1 amide bonds. The lowest BCUT2D eigenvalue weighted by atomic mass is 9.68. The largest absolute Gasteiger partial charge is 0.298 e. The van der Waals surface area contributed by atoms with Crippen LogP contribution in [-0.2, 0) is 6.54 Å². The van der Waals surface area contributed by atoms with Gasteiger partial charge in [-0.3, -0.25) is 14.9 Å². The van der Waals surface area contributed by atoms with Crippen LogP contribution < -0.4 is 5.48 Å². The van der Waals surface area contributed by atoms with Gasteiger partial charge in [0.15, 0.2) is 0 Å². The van der Waals surface area contributed by atoms with E-state index in [9.17, 15) is 9.18 Å². The predicted molar refractivity (Wildman–Crippen MR) is 76.4 cm³/mol. The van der Waals surface area contributed by atoms with Gasteiger partial charge in [-0.2, -0.15) is 0 Å². The molecule has 4 nitrogen and oxygen atoms in total. The van der Waals surface area contributed by atoms with Crippen molar-refractivity contribution in [2.45, 2.75) is 38.6 Å². The minimum Gasteiger partial charge on any atom is -0.298 e. The molecule has 1 aromatic carbocycles. The lowest BCUT2D eigenvalue weighted by Gasteiger charge is -2.52. The molecule has 1 heterocycles. The monoisotopic (exact) mass is 292 g/mol. The zero-order valence-corrected chi connectivity index (χ0v) is 12.1. The number of carbonyl (C=O) groups is 1. The molecule has 2 aliphatic rings. The lowest BCUT2D eigenvalue weighted by molar-refractivity contribution is -0.0337. The molecule has 0 unspecified atom stereocenters. The fourth-order valence-electron chi connectivity index (χ4n) is 3.75. The highest BCUT2D eigenvalue weighted by atomic mass is 19.1. The van der Waals surface area contributed by atoms with Gasteiger partial charge in [-0.1, -0.05) is 25.3 Å². The molecule has 1 saturated carbocycles. The number of nitrogens with one attached hydrogen (secondary N) is 1. The second-order valence-corrected chi connectivity index (χ2v) is 6.45. The number of halogens is 1. The quantitative estimate of drug-likeness (QED) is 0.665.